The quantitative estimate of drug-likeness (QED) is 0.853. The first-order valence-electron chi connectivity index (χ1n) is 4.70. The molecule has 0 saturated heterocycles. The molecule has 1 rings (SSSR count). The van der Waals surface area contributed by atoms with Crippen molar-refractivity contribution in [2.75, 3.05) is 5.88 Å². The van der Waals surface area contributed by atoms with Crippen LogP contribution in [0.25, 0.3) is 0 Å². The van der Waals surface area contributed by atoms with E-state index in [0.717, 1.165) is 0 Å². The fraction of sp³-hybridized carbons (Fsp3) is 0.364. The van der Waals surface area contributed by atoms with Gasteiger partial charge >= 0.3 is 0 Å². The van der Waals surface area contributed by atoms with E-state index in [1.165, 1.54) is 6.07 Å². The SMILES string of the molecule is CC(C)(CCl)NC(=O)c1cccc(Br)c1F. The third-order valence-electron chi connectivity index (χ3n) is 1.98. The zero-order chi connectivity index (χ0) is 12.3. The first-order chi connectivity index (χ1) is 7.37. The minimum absolute atomic E-state index is 0.00701. The number of carbonyl (C=O) groups excluding carboxylic acids is 1. The van der Waals surface area contributed by atoms with Crippen molar-refractivity contribution in [2.24, 2.45) is 0 Å². The highest BCUT2D eigenvalue weighted by molar-refractivity contribution is 9.10. The van der Waals surface area contributed by atoms with Crippen LogP contribution in [0.15, 0.2) is 22.7 Å². The molecule has 88 valence electrons. The molecule has 0 atom stereocenters. The van der Waals surface area contributed by atoms with Crippen LogP contribution < -0.4 is 5.32 Å². The minimum Gasteiger partial charge on any atom is -0.346 e. The van der Waals surface area contributed by atoms with Gasteiger partial charge in [-0.2, -0.15) is 0 Å². The summed E-state index contributed by atoms with van der Waals surface area (Å²) in [5, 5.41) is 2.66. The van der Waals surface area contributed by atoms with Gasteiger partial charge in [0.15, 0.2) is 0 Å². The van der Waals surface area contributed by atoms with E-state index in [9.17, 15) is 9.18 Å². The fourth-order valence-electron chi connectivity index (χ4n) is 1.09. The van der Waals surface area contributed by atoms with Gasteiger partial charge in [-0.05, 0) is 41.9 Å². The van der Waals surface area contributed by atoms with E-state index in [2.05, 4.69) is 21.2 Å². The van der Waals surface area contributed by atoms with Gasteiger partial charge in [0, 0.05) is 11.4 Å². The summed E-state index contributed by atoms with van der Waals surface area (Å²) >= 11 is 8.71. The number of rotatable bonds is 3. The highest BCUT2D eigenvalue weighted by atomic mass is 79.9. The van der Waals surface area contributed by atoms with Gasteiger partial charge in [-0.1, -0.05) is 6.07 Å². The molecule has 0 unspecified atom stereocenters. The lowest BCUT2D eigenvalue weighted by molar-refractivity contribution is 0.0916. The highest BCUT2D eigenvalue weighted by Gasteiger charge is 2.22. The van der Waals surface area contributed by atoms with Crippen molar-refractivity contribution in [1.82, 2.24) is 5.32 Å². The van der Waals surface area contributed by atoms with Crippen LogP contribution in [0.2, 0.25) is 0 Å². The average molecular weight is 309 g/mol. The van der Waals surface area contributed by atoms with Crippen molar-refractivity contribution in [3.63, 3.8) is 0 Å². The molecule has 0 bridgehead atoms. The number of benzene rings is 1. The first kappa shape index (κ1) is 13.5. The molecule has 0 fully saturated rings. The van der Waals surface area contributed by atoms with Crippen molar-refractivity contribution in [3.8, 4) is 0 Å². The monoisotopic (exact) mass is 307 g/mol. The lowest BCUT2D eigenvalue weighted by atomic mass is 10.1. The highest BCUT2D eigenvalue weighted by Crippen LogP contribution is 2.19. The molecule has 0 spiro atoms. The largest absolute Gasteiger partial charge is 0.346 e. The summed E-state index contributed by atoms with van der Waals surface area (Å²) in [6.45, 7) is 3.54. The Bertz CT molecular complexity index is 409. The van der Waals surface area contributed by atoms with Gasteiger partial charge in [0.2, 0.25) is 0 Å². The normalized spacial score (nSPS) is 11.3. The number of hydrogen-bond donors (Lipinski definition) is 1. The molecule has 16 heavy (non-hydrogen) atoms. The number of halogens is 3. The summed E-state index contributed by atoms with van der Waals surface area (Å²) in [7, 11) is 0. The van der Waals surface area contributed by atoms with Gasteiger partial charge in [0.05, 0.1) is 10.0 Å². The Morgan fingerprint density at radius 3 is 2.75 bits per heavy atom. The van der Waals surface area contributed by atoms with E-state index < -0.39 is 17.3 Å². The van der Waals surface area contributed by atoms with Crippen LogP contribution in [0, 0.1) is 5.82 Å². The van der Waals surface area contributed by atoms with Crippen LogP contribution in [0.1, 0.15) is 24.2 Å². The Kier molecular flexibility index (Phi) is 4.33. The Hall–Kier alpha value is -0.610. The minimum atomic E-state index is -0.564. The number of amides is 1. The lowest BCUT2D eigenvalue weighted by Gasteiger charge is -2.23. The van der Waals surface area contributed by atoms with Crippen LogP contribution in [0.3, 0.4) is 0 Å². The Morgan fingerprint density at radius 2 is 2.19 bits per heavy atom. The predicted octanol–water partition coefficient (Wildman–Crippen LogP) is 3.34. The molecular weight excluding hydrogens is 296 g/mol. The fourth-order valence-corrected chi connectivity index (χ4v) is 1.52. The summed E-state index contributed by atoms with van der Waals surface area (Å²) in [5.74, 6) is -0.774. The molecule has 0 heterocycles. The Morgan fingerprint density at radius 1 is 1.56 bits per heavy atom. The third kappa shape index (κ3) is 3.19. The molecule has 1 N–H and O–H groups in total. The molecule has 1 aromatic carbocycles. The number of carbonyl (C=O) groups is 1. The molecule has 0 saturated carbocycles. The Balaban J connectivity index is 2.94. The number of hydrogen-bond acceptors (Lipinski definition) is 1. The van der Waals surface area contributed by atoms with Crippen molar-refractivity contribution < 1.29 is 9.18 Å². The molecule has 0 aliphatic heterocycles. The van der Waals surface area contributed by atoms with E-state index in [1.54, 1.807) is 26.0 Å². The average Bonchev–Trinajstić information content (AvgIpc) is 2.21. The van der Waals surface area contributed by atoms with Crippen LogP contribution in [0.4, 0.5) is 4.39 Å². The van der Waals surface area contributed by atoms with Gasteiger partial charge in [0.1, 0.15) is 5.82 Å². The summed E-state index contributed by atoms with van der Waals surface area (Å²) < 4.78 is 13.9. The summed E-state index contributed by atoms with van der Waals surface area (Å²) in [5.41, 5.74) is -0.555. The topological polar surface area (TPSA) is 29.1 Å². The van der Waals surface area contributed by atoms with Crippen molar-refractivity contribution in [2.45, 2.75) is 19.4 Å². The van der Waals surface area contributed by atoms with Crippen LogP contribution >= 0.6 is 27.5 Å². The second kappa shape index (κ2) is 5.15. The maximum atomic E-state index is 13.6. The molecule has 2 nitrogen and oxygen atoms in total. The maximum absolute atomic E-state index is 13.6. The van der Waals surface area contributed by atoms with E-state index in [-0.39, 0.29) is 15.9 Å². The first-order valence-corrected chi connectivity index (χ1v) is 6.02. The number of alkyl halides is 1. The van der Waals surface area contributed by atoms with Gasteiger partial charge in [0.25, 0.3) is 5.91 Å². The van der Waals surface area contributed by atoms with E-state index >= 15 is 0 Å². The van der Waals surface area contributed by atoms with Crippen molar-refractivity contribution in [3.05, 3.63) is 34.1 Å². The standard InChI is InChI=1S/C11H12BrClFNO/c1-11(2,6-13)15-10(16)7-4-3-5-8(12)9(7)14/h3-5H,6H2,1-2H3,(H,15,16). The third-order valence-corrected chi connectivity index (χ3v) is 3.26. The summed E-state index contributed by atoms with van der Waals surface area (Å²) in [4.78, 5) is 11.8. The second-order valence-electron chi connectivity index (χ2n) is 4.07. The molecule has 0 aromatic heterocycles. The summed E-state index contributed by atoms with van der Waals surface area (Å²) in [6, 6.07) is 4.58. The molecule has 0 aliphatic rings. The molecule has 1 amide bonds. The smallest absolute Gasteiger partial charge is 0.254 e. The zero-order valence-electron chi connectivity index (χ0n) is 8.98. The van der Waals surface area contributed by atoms with Crippen LogP contribution in [-0.4, -0.2) is 17.3 Å². The lowest BCUT2D eigenvalue weighted by Crippen LogP contribution is -2.45. The predicted molar refractivity (Wildman–Crippen MR) is 66.4 cm³/mol. The summed E-state index contributed by atoms with van der Waals surface area (Å²) in [6.07, 6.45) is 0. The molecule has 0 aliphatic carbocycles. The van der Waals surface area contributed by atoms with Crippen LogP contribution in [0.5, 0.6) is 0 Å². The molecule has 0 radical (unpaired) electrons. The molecular formula is C11H12BrClFNO. The van der Waals surface area contributed by atoms with Gasteiger partial charge < -0.3 is 5.32 Å². The van der Waals surface area contributed by atoms with E-state index in [1.807, 2.05) is 0 Å². The molecule has 1 aromatic rings. The van der Waals surface area contributed by atoms with Gasteiger partial charge in [-0.25, -0.2) is 4.39 Å². The maximum Gasteiger partial charge on any atom is 0.254 e. The van der Waals surface area contributed by atoms with Crippen LogP contribution in [-0.2, 0) is 0 Å². The zero-order valence-corrected chi connectivity index (χ0v) is 11.3. The Labute approximate surface area is 107 Å². The van der Waals surface area contributed by atoms with E-state index in [0.29, 0.717) is 0 Å². The second-order valence-corrected chi connectivity index (χ2v) is 5.19. The van der Waals surface area contributed by atoms with E-state index in [4.69, 9.17) is 11.6 Å². The van der Waals surface area contributed by atoms with Gasteiger partial charge in [-0.15, -0.1) is 11.6 Å². The number of nitrogens with one attached hydrogen (secondary N) is 1. The van der Waals surface area contributed by atoms with Crippen molar-refractivity contribution >= 4 is 33.4 Å². The molecule has 5 heteroatoms. The van der Waals surface area contributed by atoms with Gasteiger partial charge in [-0.3, -0.25) is 4.79 Å². The van der Waals surface area contributed by atoms with Crippen molar-refractivity contribution in [1.29, 1.82) is 0 Å².